The van der Waals surface area contributed by atoms with Crippen LogP contribution in [-0.2, 0) is 7.05 Å². The van der Waals surface area contributed by atoms with Crippen LogP contribution in [0.3, 0.4) is 0 Å². The molecule has 1 aromatic carbocycles. The van der Waals surface area contributed by atoms with Crippen LogP contribution in [0.25, 0.3) is 15.9 Å². The molecule has 10 heteroatoms. The molecule has 2 aromatic heterocycles. The fourth-order valence-electron chi connectivity index (χ4n) is 4.54. The quantitative estimate of drug-likeness (QED) is 0.334. The van der Waals surface area contributed by atoms with Crippen LogP contribution in [0.2, 0.25) is 0 Å². The Hall–Kier alpha value is -3.84. The van der Waals surface area contributed by atoms with Gasteiger partial charge in [0, 0.05) is 39.3 Å². The van der Waals surface area contributed by atoms with E-state index < -0.39 is 16.2 Å². The SMILES string of the molecule is [C-]#[N+]c1ccc2c(n1)c(N1CCN(C(CC)c3ccc(F)cc3)CC1)c([N+](=O)[O-])c(=O)n2C. The number of nitro groups is 1. The minimum absolute atomic E-state index is 0.0926. The lowest BCUT2D eigenvalue weighted by molar-refractivity contribution is -0.385. The second-order valence-corrected chi connectivity index (χ2v) is 7.97. The average Bonchev–Trinajstić information content (AvgIpc) is 2.82. The first-order chi connectivity index (χ1) is 15.8. The molecule has 0 bridgehead atoms. The molecule has 33 heavy (non-hydrogen) atoms. The third-order valence-electron chi connectivity index (χ3n) is 6.19. The number of hydrogen-bond donors (Lipinski definition) is 0. The summed E-state index contributed by atoms with van der Waals surface area (Å²) in [5.74, 6) is -0.174. The summed E-state index contributed by atoms with van der Waals surface area (Å²) in [5.41, 5.74) is 0.655. The standard InChI is InChI=1S/C23H23FN6O3/c1-4-17(15-5-7-16(24)8-6-15)28-11-13-29(14-12-28)21-20-18(9-10-19(25-2)26-20)27(3)23(31)22(21)30(32)33/h5-10,17H,4,11-14H2,1,3H3. The molecule has 1 saturated heterocycles. The van der Waals surface area contributed by atoms with Crippen LogP contribution in [0.5, 0.6) is 0 Å². The molecule has 1 unspecified atom stereocenters. The van der Waals surface area contributed by atoms with Gasteiger partial charge in [-0.2, -0.15) is 0 Å². The van der Waals surface area contributed by atoms with Crippen molar-refractivity contribution < 1.29 is 9.31 Å². The van der Waals surface area contributed by atoms with E-state index in [2.05, 4.69) is 21.7 Å². The number of halogens is 1. The molecule has 3 heterocycles. The van der Waals surface area contributed by atoms with E-state index in [9.17, 15) is 19.3 Å². The van der Waals surface area contributed by atoms with Crippen LogP contribution >= 0.6 is 0 Å². The molecule has 0 radical (unpaired) electrons. The predicted molar refractivity (Wildman–Crippen MR) is 123 cm³/mol. The van der Waals surface area contributed by atoms with Gasteiger partial charge in [0.05, 0.1) is 10.4 Å². The van der Waals surface area contributed by atoms with E-state index in [1.165, 1.54) is 29.8 Å². The molecule has 0 spiro atoms. The lowest BCUT2D eigenvalue weighted by Gasteiger charge is -2.39. The average molecular weight is 450 g/mol. The van der Waals surface area contributed by atoms with E-state index in [-0.39, 0.29) is 28.9 Å². The monoisotopic (exact) mass is 450 g/mol. The smallest absolute Gasteiger partial charge is 0.361 e. The Bertz CT molecular complexity index is 1310. The van der Waals surface area contributed by atoms with Crippen LogP contribution in [0.4, 0.5) is 21.6 Å². The van der Waals surface area contributed by atoms with Crippen molar-refractivity contribution >= 4 is 28.2 Å². The van der Waals surface area contributed by atoms with Crippen LogP contribution < -0.4 is 10.5 Å². The van der Waals surface area contributed by atoms with Gasteiger partial charge in [0.25, 0.3) is 5.82 Å². The van der Waals surface area contributed by atoms with Crippen molar-refractivity contribution in [3.63, 3.8) is 0 Å². The highest BCUT2D eigenvalue weighted by Crippen LogP contribution is 2.35. The molecule has 1 aliphatic heterocycles. The zero-order valence-corrected chi connectivity index (χ0v) is 18.4. The van der Waals surface area contributed by atoms with Crippen LogP contribution in [-0.4, -0.2) is 45.6 Å². The molecule has 0 aliphatic carbocycles. The highest BCUT2D eigenvalue weighted by Gasteiger charge is 2.34. The van der Waals surface area contributed by atoms with Crippen molar-refractivity contribution in [2.45, 2.75) is 19.4 Å². The molecule has 1 aliphatic rings. The molecule has 3 aromatic rings. The second kappa shape index (κ2) is 8.96. The van der Waals surface area contributed by atoms with Gasteiger partial charge in [-0.05, 0) is 36.2 Å². The molecule has 0 saturated carbocycles. The molecule has 4 rings (SSSR count). The molecule has 0 N–H and O–H groups in total. The Labute approximate surface area is 189 Å². The Balaban J connectivity index is 1.72. The largest absolute Gasteiger partial charge is 0.361 e. The number of hydrogen-bond acceptors (Lipinski definition) is 6. The summed E-state index contributed by atoms with van der Waals surface area (Å²) >= 11 is 0. The van der Waals surface area contributed by atoms with Gasteiger partial charge in [0.2, 0.25) is 5.52 Å². The maximum atomic E-state index is 13.4. The molecule has 1 fully saturated rings. The van der Waals surface area contributed by atoms with E-state index in [1.807, 2.05) is 4.90 Å². The number of aromatic nitrogens is 2. The van der Waals surface area contributed by atoms with Gasteiger partial charge in [0.15, 0.2) is 5.69 Å². The Morgan fingerprint density at radius 2 is 1.85 bits per heavy atom. The zero-order valence-electron chi connectivity index (χ0n) is 18.4. The molecule has 170 valence electrons. The third-order valence-corrected chi connectivity index (χ3v) is 6.19. The number of fused-ring (bicyclic) bond motifs is 1. The fraction of sp³-hybridized carbons (Fsp3) is 0.348. The summed E-state index contributed by atoms with van der Waals surface area (Å²) in [6.07, 6.45) is 0.830. The first-order valence-corrected chi connectivity index (χ1v) is 10.7. The fourth-order valence-corrected chi connectivity index (χ4v) is 4.54. The first-order valence-electron chi connectivity index (χ1n) is 10.7. The summed E-state index contributed by atoms with van der Waals surface area (Å²) in [5, 5.41) is 11.9. The first kappa shape index (κ1) is 22.4. The van der Waals surface area contributed by atoms with Crippen LogP contribution in [0.1, 0.15) is 24.9 Å². The number of pyridine rings is 2. The van der Waals surface area contributed by atoms with Crippen LogP contribution in [0.15, 0.2) is 41.2 Å². The predicted octanol–water partition coefficient (Wildman–Crippen LogP) is 3.80. The minimum Gasteiger partial charge on any atom is -0.361 e. The lowest BCUT2D eigenvalue weighted by atomic mass is 10.0. The van der Waals surface area contributed by atoms with Gasteiger partial charge in [-0.3, -0.25) is 19.8 Å². The Morgan fingerprint density at radius 1 is 1.18 bits per heavy atom. The van der Waals surface area contributed by atoms with E-state index in [4.69, 9.17) is 6.57 Å². The van der Waals surface area contributed by atoms with E-state index >= 15 is 0 Å². The van der Waals surface area contributed by atoms with Crippen molar-refractivity contribution in [2.75, 3.05) is 31.1 Å². The Kier molecular flexibility index (Phi) is 6.07. The van der Waals surface area contributed by atoms with Crippen molar-refractivity contribution in [1.82, 2.24) is 14.5 Å². The number of anilines is 1. The molecular weight excluding hydrogens is 427 g/mol. The van der Waals surface area contributed by atoms with E-state index in [0.29, 0.717) is 31.7 Å². The van der Waals surface area contributed by atoms with Gasteiger partial charge in [-0.1, -0.05) is 25.6 Å². The van der Waals surface area contributed by atoms with Crippen molar-refractivity contribution in [3.05, 3.63) is 79.7 Å². The second-order valence-electron chi connectivity index (χ2n) is 7.97. The van der Waals surface area contributed by atoms with Crippen LogP contribution in [0, 0.1) is 22.5 Å². The van der Waals surface area contributed by atoms with Gasteiger partial charge in [-0.25, -0.2) is 4.39 Å². The number of nitrogens with zero attached hydrogens (tertiary/aromatic N) is 6. The van der Waals surface area contributed by atoms with Crippen molar-refractivity contribution in [3.8, 4) is 0 Å². The number of aryl methyl sites for hydroxylation is 1. The van der Waals surface area contributed by atoms with E-state index in [1.54, 1.807) is 18.2 Å². The number of benzene rings is 1. The number of piperazine rings is 1. The maximum absolute atomic E-state index is 13.4. The summed E-state index contributed by atoms with van der Waals surface area (Å²) < 4.78 is 14.6. The Morgan fingerprint density at radius 3 is 2.42 bits per heavy atom. The highest BCUT2D eigenvalue weighted by molar-refractivity contribution is 5.94. The highest BCUT2D eigenvalue weighted by atomic mass is 19.1. The molecular formula is C23H23FN6O3. The maximum Gasteiger partial charge on any atom is 0.361 e. The molecule has 9 nitrogen and oxygen atoms in total. The third kappa shape index (κ3) is 4.03. The normalized spacial score (nSPS) is 15.4. The molecule has 0 amide bonds. The minimum atomic E-state index is -0.708. The summed E-state index contributed by atoms with van der Waals surface area (Å²) in [7, 11) is 1.47. The number of rotatable bonds is 5. The van der Waals surface area contributed by atoms with Gasteiger partial charge >= 0.3 is 11.2 Å². The summed E-state index contributed by atoms with van der Waals surface area (Å²) in [6.45, 7) is 11.4. The summed E-state index contributed by atoms with van der Waals surface area (Å²) in [4.78, 5) is 35.8. The molecule has 1 atom stereocenters. The van der Waals surface area contributed by atoms with Gasteiger partial charge in [0.1, 0.15) is 5.82 Å². The lowest BCUT2D eigenvalue weighted by Crippen LogP contribution is -2.48. The summed E-state index contributed by atoms with van der Waals surface area (Å²) in [6, 6.07) is 9.65. The topological polar surface area (TPSA) is 88.9 Å². The zero-order chi connectivity index (χ0) is 23.7. The van der Waals surface area contributed by atoms with Crippen molar-refractivity contribution in [1.29, 1.82) is 0 Å². The van der Waals surface area contributed by atoms with Gasteiger partial charge < -0.3 is 14.3 Å². The van der Waals surface area contributed by atoms with Gasteiger partial charge in [-0.15, -0.1) is 4.98 Å². The van der Waals surface area contributed by atoms with E-state index in [0.717, 1.165) is 12.0 Å². The van der Waals surface area contributed by atoms with Crippen molar-refractivity contribution in [2.24, 2.45) is 7.05 Å².